The summed E-state index contributed by atoms with van der Waals surface area (Å²) in [5.41, 5.74) is 10.8. The van der Waals surface area contributed by atoms with Crippen LogP contribution in [0.3, 0.4) is 0 Å². The summed E-state index contributed by atoms with van der Waals surface area (Å²) >= 11 is 0. The highest BCUT2D eigenvalue weighted by Crippen LogP contribution is 2.31. The maximum Gasteiger partial charge on any atom is 0.276 e. The Morgan fingerprint density at radius 1 is 1.09 bits per heavy atom. The van der Waals surface area contributed by atoms with Crippen molar-refractivity contribution in [3.8, 4) is 11.4 Å². The lowest BCUT2D eigenvalue weighted by molar-refractivity contribution is 0.408. The Morgan fingerprint density at radius 2 is 1.91 bits per heavy atom. The molecule has 4 aromatic rings. The molecule has 3 heterocycles. The van der Waals surface area contributed by atoms with Crippen LogP contribution in [0.5, 0.6) is 0 Å². The van der Waals surface area contributed by atoms with Crippen LogP contribution >= 0.6 is 0 Å². The molecule has 0 bridgehead atoms. The fourth-order valence-corrected chi connectivity index (χ4v) is 3.70. The van der Waals surface area contributed by atoms with Gasteiger partial charge in [0.05, 0.1) is 11.4 Å². The minimum absolute atomic E-state index is 0.0808. The number of hydrogen-bond acceptors (Lipinski definition) is 8. The summed E-state index contributed by atoms with van der Waals surface area (Å²) in [5.74, 6) is 6.32. The van der Waals surface area contributed by atoms with Gasteiger partial charge in [0.15, 0.2) is 0 Å². The van der Waals surface area contributed by atoms with Gasteiger partial charge in [0.1, 0.15) is 11.5 Å². The Bertz CT molecular complexity index is 1300. The molecule has 160 valence electrons. The molecule has 2 aromatic heterocycles. The van der Waals surface area contributed by atoms with Crippen molar-refractivity contribution in [2.24, 2.45) is 11.6 Å². The molecule has 1 aliphatic rings. The summed E-state index contributed by atoms with van der Waals surface area (Å²) in [7, 11) is 0. The Balaban J connectivity index is 1.58. The second kappa shape index (κ2) is 8.12. The van der Waals surface area contributed by atoms with Crippen LogP contribution in [-0.4, -0.2) is 21.7 Å². The molecule has 0 saturated heterocycles. The number of anilines is 2. The summed E-state index contributed by atoms with van der Waals surface area (Å²) in [5, 5.41) is 8.58. The number of para-hydroxylation sites is 1. The summed E-state index contributed by atoms with van der Waals surface area (Å²) < 4.78 is 19.9. The number of nitrogens with one attached hydrogen (secondary N) is 1. The van der Waals surface area contributed by atoms with E-state index in [0.717, 1.165) is 24.2 Å². The number of fused-ring (bicyclic) bond motifs is 1. The van der Waals surface area contributed by atoms with Gasteiger partial charge in [-0.25, -0.2) is 10.2 Å². The molecule has 0 radical (unpaired) electrons. The lowest BCUT2D eigenvalue weighted by Gasteiger charge is -2.23. The number of nitrogens with zero attached hydrogens (tertiary/aromatic N) is 4. The fraction of sp³-hybridized carbons (Fsp3) is 0.0870. The molecular formula is C23H20FN7O. The van der Waals surface area contributed by atoms with Crippen molar-refractivity contribution in [3.63, 3.8) is 0 Å². The predicted octanol–water partition coefficient (Wildman–Crippen LogP) is 3.40. The van der Waals surface area contributed by atoms with Crippen molar-refractivity contribution in [1.82, 2.24) is 15.1 Å². The zero-order valence-corrected chi connectivity index (χ0v) is 17.0. The van der Waals surface area contributed by atoms with Gasteiger partial charge >= 0.3 is 0 Å². The smallest absolute Gasteiger partial charge is 0.276 e. The normalized spacial score (nSPS) is 13.3. The number of aromatic nitrogens is 3. The van der Waals surface area contributed by atoms with Crippen molar-refractivity contribution in [1.29, 1.82) is 0 Å². The summed E-state index contributed by atoms with van der Waals surface area (Å²) in [6.45, 7) is 0.906. The van der Waals surface area contributed by atoms with E-state index in [2.05, 4.69) is 20.4 Å². The van der Waals surface area contributed by atoms with Crippen LogP contribution in [0.4, 0.5) is 15.8 Å². The van der Waals surface area contributed by atoms with Gasteiger partial charge in [-0.3, -0.25) is 9.99 Å². The molecule has 0 atom stereocenters. The summed E-state index contributed by atoms with van der Waals surface area (Å²) in [6.07, 6.45) is 4.12. The Kier molecular flexibility index (Phi) is 5.00. The van der Waals surface area contributed by atoms with Gasteiger partial charge in [0.25, 0.3) is 5.89 Å². The van der Waals surface area contributed by atoms with Gasteiger partial charge in [0.2, 0.25) is 5.82 Å². The highest BCUT2D eigenvalue weighted by molar-refractivity contribution is 5.93. The quantitative estimate of drug-likeness (QED) is 0.326. The molecule has 0 fully saturated rings. The molecule has 0 amide bonds. The first-order chi connectivity index (χ1) is 15.6. The maximum atomic E-state index is 14.5. The Morgan fingerprint density at radius 3 is 2.72 bits per heavy atom. The molecule has 32 heavy (non-hydrogen) atoms. The van der Waals surface area contributed by atoms with Crippen molar-refractivity contribution < 1.29 is 8.91 Å². The Hall–Kier alpha value is -4.24. The van der Waals surface area contributed by atoms with Gasteiger partial charge in [-0.2, -0.15) is 4.98 Å². The summed E-state index contributed by atoms with van der Waals surface area (Å²) in [6, 6.07) is 15.5. The highest BCUT2D eigenvalue weighted by Gasteiger charge is 2.22. The minimum Gasteiger partial charge on any atom is -0.392 e. The monoisotopic (exact) mass is 429 g/mol. The molecule has 8 nitrogen and oxygen atoms in total. The SMILES string of the molecule is N/C(=C(/c1ccncc1)N(N)c1ccccc1F)c1nc(-c2ccc3c(c2)CCN3)no1. The molecule has 0 unspecified atom stereocenters. The number of hydrogen-bond donors (Lipinski definition) is 3. The lowest BCUT2D eigenvalue weighted by atomic mass is 10.1. The molecule has 0 saturated carbocycles. The van der Waals surface area contributed by atoms with Gasteiger partial charge in [-0.15, -0.1) is 0 Å². The van der Waals surface area contributed by atoms with E-state index in [9.17, 15) is 4.39 Å². The molecule has 5 rings (SSSR count). The maximum absolute atomic E-state index is 14.5. The van der Waals surface area contributed by atoms with E-state index < -0.39 is 5.82 Å². The van der Waals surface area contributed by atoms with Gasteiger partial charge < -0.3 is 15.6 Å². The second-order valence-corrected chi connectivity index (χ2v) is 7.29. The molecule has 2 aromatic carbocycles. The number of hydrazine groups is 1. The average Bonchev–Trinajstić information content (AvgIpc) is 3.49. The third-order valence-corrected chi connectivity index (χ3v) is 5.29. The molecule has 5 N–H and O–H groups in total. The van der Waals surface area contributed by atoms with Crippen LogP contribution in [0.25, 0.3) is 22.8 Å². The minimum atomic E-state index is -0.493. The molecule has 9 heteroatoms. The second-order valence-electron chi connectivity index (χ2n) is 7.29. The number of pyridine rings is 1. The third kappa shape index (κ3) is 3.54. The van der Waals surface area contributed by atoms with Crippen molar-refractivity contribution in [2.45, 2.75) is 6.42 Å². The lowest BCUT2D eigenvalue weighted by Crippen LogP contribution is -2.32. The van der Waals surface area contributed by atoms with E-state index in [4.69, 9.17) is 16.1 Å². The highest BCUT2D eigenvalue weighted by atomic mass is 19.1. The summed E-state index contributed by atoms with van der Waals surface area (Å²) in [4.78, 5) is 8.51. The van der Waals surface area contributed by atoms with E-state index in [-0.39, 0.29) is 17.3 Å². The Labute approximate surface area is 183 Å². The number of benzene rings is 2. The average molecular weight is 429 g/mol. The zero-order chi connectivity index (χ0) is 22.1. The first-order valence-electron chi connectivity index (χ1n) is 10.0. The standard InChI is InChI=1S/C23H20FN7O/c24-17-3-1-2-4-19(17)31(26)21(14-7-10-27-11-8-14)20(25)23-29-22(30-32-23)16-5-6-18-15(13-16)9-12-28-18/h1-8,10-11,13,28H,9,12,25-26H2/b21-20-. The van der Waals surface area contributed by atoms with E-state index in [1.54, 1.807) is 42.7 Å². The molecule has 0 spiro atoms. The predicted molar refractivity (Wildman–Crippen MR) is 120 cm³/mol. The fourth-order valence-electron chi connectivity index (χ4n) is 3.70. The van der Waals surface area contributed by atoms with Gasteiger partial charge in [-0.1, -0.05) is 17.3 Å². The third-order valence-electron chi connectivity index (χ3n) is 5.29. The molecule has 1 aliphatic heterocycles. The molecule has 0 aliphatic carbocycles. The van der Waals surface area contributed by atoms with Crippen LogP contribution in [0.15, 0.2) is 71.5 Å². The van der Waals surface area contributed by atoms with Crippen LogP contribution < -0.4 is 21.9 Å². The first kappa shape index (κ1) is 19.7. The van der Waals surface area contributed by atoms with E-state index in [1.807, 2.05) is 18.2 Å². The van der Waals surface area contributed by atoms with E-state index >= 15 is 0 Å². The van der Waals surface area contributed by atoms with Crippen molar-refractivity contribution >= 4 is 22.8 Å². The largest absolute Gasteiger partial charge is 0.392 e. The van der Waals surface area contributed by atoms with Crippen LogP contribution in [0, 0.1) is 5.82 Å². The topological polar surface area (TPSA) is 119 Å². The van der Waals surface area contributed by atoms with Crippen LogP contribution in [-0.2, 0) is 6.42 Å². The van der Waals surface area contributed by atoms with Crippen LogP contribution in [0.1, 0.15) is 17.0 Å². The molecular weight excluding hydrogens is 409 g/mol. The number of nitrogens with two attached hydrogens (primary N) is 2. The van der Waals surface area contributed by atoms with Gasteiger partial charge in [0, 0.05) is 35.8 Å². The number of halogens is 1. The van der Waals surface area contributed by atoms with Gasteiger partial charge in [-0.05, 0) is 54.4 Å². The van der Waals surface area contributed by atoms with E-state index in [0.29, 0.717) is 17.1 Å². The first-order valence-corrected chi connectivity index (χ1v) is 10.0. The van der Waals surface area contributed by atoms with Crippen molar-refractivity contribution in [2.75, 3.05) is 16.9 Å². The van der Waals surface area contributed by atoms with Crippen LogP contribution in [0.2, 0.25) is 0 Å². The zero-order valence-electron chi connectivity index (χ0n) is 17.0. The number of rotatable bonds is 5. The van der Waals surface area contributed by atoms with Crippen molar-refractivity contribution in [3.05, 3.63) is 89.8 Å². The van der Waals surface area contributed by atoms with E-state index in [1.165, 1.54) is 16.6 Å².